The number of nitrogens with zero attached hydrogens (tertiary/aromatic N) is 1. The summed E-state index contributed by atoms with van der Waals surface area (Å²) in [5, 5.41) is 9.46. The van der Waals surface area contributed by atoms with Gasteiger partial charge >= 0.3 is 5.97 Å². The number of hydrogen-bond donors (Lipinski definition) is 1. The molecule has 0 amide bonds. The quantitative estimate of drug-likeness (QED) is 0.848. The molecule has 1 aromatic carbocycles. The maximum absolute atomic E-state index is 10.7. The van der Waals surface area contributed by atoms with Crippen LogP contribution in [0, 0.1) is 5.92 Å². The maximum Gasteiger partial charge on any atom is 0.328 e. The van der Waals surface area contributed by atoms with Crippen molar-refractivity contribution in [1.29, 1.82) is 0 Å². The molecule has 1 N–H and O–H groups in total. The summed E-state index contributed by atoms with van der Waals surface area (Å²) in [6.45, 7) is 2.61. The van der Waals surface area contributed by atoms with Gasteiger partial charge in [0.15, 0.2) is 0 Å². The van der Waals surface area contributed by atoms with Crippen molar-refractivity contribution in [2.45, 2.75) is 12.8 Å². The Morgan fingerprint density at radius 1 is 1.57 bits per heavy atom. The van der Waals surface area contributed by atoms with Crippen LogP contribution in [0.3, 0.4) is 0 Å². The minimum Gasteiger partial charge on any atom is -0.478 e. The van der Waals surface area contributed by atoms with Crippen molar-refractivity contribution in [3.8, 4) is 0 Å². The van der Waals surface area contributed by atoms with Crippen LogP contribution in [0.15, 0.2) is 24.3 Å². The van der Waals surface area contributed by atoms with E-state index >= 15 is 0 Å². The Hall–Kier alpha value is -1.52. The Labute approximate surface area is 130 Å². The third kappa shape index (κ3) is 4.48. The summed E-state index contributed by atoms with van der Waals surface area (Å²) >= 11 is 6.10. The van der Waals surface area contributed by atoms with E-state index in [9.17, 15) is 4.79 Å². The average Bonchev–Trinajstić information content (AvgIpc) is 2.46. The van der Waals surface area contributed by atoms with Crippen molar-refractivity contribution in [3.05, 3.63) is 34.9 Å². The lowest BCUT2D eigenvalue weighted by molar-refractivity contribution is -0.131. The van der Waals surface area contributed by atoms with Crippen LogP contribution in [0.1, 0.15) is 18.4 Å². The lowest BCUT2D eigenvalue weighted by Gasteiger charge is -2.35. The molecule has 1 heterocycles. The zero-order chi connectivity index (χ0) is 15.2. The predicted molar refractivity (Wildman–Crippen MR) is 84.9 cm³/mol. The normalized spacial score (nSPS) is 19.1. The van der Waals surface area contributed by atoms with Crippen LogP contribution in [-0.4, -0.2) is 37.9 Å². The van der Waals surface area contributed by atoms with Gasteiger partial charge in [-0.1, -0.05) is 17.7 Å². The number of carboxylic acid groups (broad SMARTS) is 1. The van der Waals surface area contributed by atoms with Crippen molar-refractivity contribution in [1.82, 2.24) is 0 Å². The molecule has 1 saturated heterocycles. The molecule has 0 saturated carbocycles. The molecule has 21 heavy (non-hydrogen) atoms. The van der Waals surface area contributed by atoms with Gasteiger partial charge in [-0.25, -0.2) is 4.79 Å². The summed E-state index contributed by atoms with van der Waals surface area (Å²) in [7, 11) is 1.72. The first-order valence-corrected chi connectivity index (χ1v) is 7.42. The third-order valence-corrected chi connectivity index (χ3v) is 3.90. The molecular weight excluding hydrogens is 290 g/mol. The summed E-state index contributed by atoms with van der Waals surface area (Å²) in [6, 6.07) is 5.54. The summed E-state index contributed by atoms with van der Waals surface area (Å²) in [4.78, 5) is 13.0. The van der Waals surface area contributed by atoms with Gasteiger partial charge in [0.05, 0.1) is 6.61 Å². The van der Waals surface area contributed by atoms with Crippen molar-refractivity contribution in [2.24, 2.45) is 5.92 Å². The Kier molecular flexibility index (Phi) is 5.65. The number of ether oxygens (including phenoxy) is 1. The van der Waals surface area contributed by atoms with Gasteiger partial charge in [-0.15, -0.1) is 0 Å². The van der Waals surface area contributed by atoms with E-state index in [1.54, 1.807) is 19.3 Å². The van der Waals surface area contributed by atoms with Crippen molar-refractivity contribution in [2.75, 3.05) is 31.7 Å². The van der Waals surface area contributed by atoms with E-state index in [4.69, 9.17) is 21.4 Å². The molecule has 114 valence electrons. The first-order chi connectivity index (χ1) is 10.1. The Morgan fingerprint density at radius 2 is 2.38 bits per heavy atom. The first-order valence-electron chi connectivity index (χ1n) is 7.04. The van der Waals surface area contributed by atoms with Crippen molar-refractivity contribution >= 4 is 29.3 Å². The van der Waals surface area contributed by atoms with Gasteiger partial charge < -0.3 is 14.7 Å². The second-order valence-electron chi connectivity index (χ2n) is 5.28. The molecular formula is C16H20ClNO3. The number of hydrogen-bond acceptors (Lipinski definition) is 3. The molecule has 0 aromatic heterocycles. The number of carbonyl (C=O) groups is 1. The lowest BCUT2D eigenvalue weighted by Crippen LogP contribution is -2.37. The van der Waals surface area contributed by atoms with Crippen molar-refractivity contribution in [3.63, 3.8) is 0 Å². The fraction of sp³-hybridized carbons (Fsp3) is 0.438. The molecule has 5 heteroatoms. The molecule has 0 spiro atoms. The van der Waals surface area contributed by atoms with E-state index in [1.165, 1.54) is 0 Å². The topological polar surface area (TPSA) is 49.8 Å². The van der Waals surface area contributed by atoms with Gasteiger partial charge in [-0.3, -0.25) is 0 Å². The van der Waals surface area contributed by atoms with Gasteiger partial charge in [0.1, 0.15) is 0 Å². The SMILES string of the molecule is COCC1CCCN(c2cc(Cl)ccc2/C=C/C(=O)O)C1. The minimum absolute atomic E-state index is 0.499. The van der Waals surface area contributed by atoms with E-state index in [0.717, 1.165) is 49.9 Å². The molecule has 1 fully saturated rings. The van der Waals surface area contributed by atoms with Crippen LogP contribution in [-0.2, 0) is 9.53 Å². The molecule has 0 radical (unpaired) electrons. The van der Waals surface area contributed by atoms with Crippen LogP contribution in [0.4, 0.5) is 5.69 Å². The molecule has 1 aliphatic heterocycles. The lowest BCUT2D eigenvalue weighted by atomic mass is 9.97. The highest BCUT2D eigenvalue weighted by atomic mass is 35.5. The standard InChI is InChI=1S/C16H20ClNO3/c1-21-11-12-3-2-8-18(10-12)15-9-14(17)6-4-13(15)5-7-16(19)20/h4-7,9,12H,2-3,8,10-11H2,1H3,(H,19,20)/b7-5+. The van der Waals surface area contributed by atoms with Crippen molar-refractivity contribution < 1.29 is 14.6 Å². The largest absolute Gasteiger partial charge is 0.478 e. The second-order valence-corrected chi connectivity index (χ2v) is 5.72. The summed E-state index contributed by atoms with van der Waals surface area (Å²) in [6.07, 6.45) is 5.03. The highest BCUT2D eigenvalue weighted by Crippen LogP contribution is 2.30. The summed E-state index contributed by atoms with van der Waals surface area (Å²) in [5.41, 5.74) is 1.86. The van der Waals surface area contributed by atoms with Crippen LogP contribution >= 0.6 is 11.6 Å². The zero-order valence-corrected chi connectivity index (χ0v) is 12.8. The molecule has 1 unspecified atom stereocenters. The first kappa shape index (κ1) is 15.9. The number of benzene rings is 1. The van der Waals surface area contributed by atoms with Crippen LogP contribution < -0.4 is 4.90 Å². The molecule has 4 nitrogen and oxygen atoms in total. The molecule has 2 rings (SSSR count). The van der Waals surface area contributed by atoms with Crippen LogP contribution in [0.2, 0.25) is 5.02 Å². The van der Waals surface area contributed by atoms with Gasteiger partial charge in [0.2, 0.25) is 0 Å². The van der Waals surface area contributed by atoms with Gasteiger partial charge in [-0.2, -0.15) is 0 Å². The number of rotatable bonds is 5. The van der Waals surface area contributed by atoms with E-state index < -0.39 is 5.97 Å². The smallest absolute Gasteiger partial charge is 0.328 e. The number of anilines is 1. The van der Waals surface area contributed by atoms with E-state index in [2.05, 4.69) is 4.90 Å². The molecule has 0 aliphatic carbocycles. The molecule has 1 aromatic rings. The zero-order valence-electron chi connectivity index (χ0n) is 12.1. The highest BCUT2D eigenvalue weighted by Gasteiger charge is 2.21. The number of halogens is 1. The molecule has 1 aliphatic rings. The van der Waals surface area contributed by atoms with Crippen LogP contribution in [0.25, 0.3) is 6.08 Å². The Bertz CT molecular complexity index is 528. The Balaban J connectivity index is 2.24. The average molecular weight is 310 g/mol. The number of piperidine rings is 1. The van der Waals surface area contributed by atoms with E-state index in [1.807, 2.05) is 12.1 Å². The summed E-state index contributed by atoms with van der Waals surface area (Å²) < 4.78 is 5.25. The van der Waals surface area contributed by atoms with Gasteiger partial charge in [0.25, 0.3) is 0 Å². The Morgan fingerprint density at radius 3 is 3.10 bits per heavy atom. The van der Waals surface area contributed by atoms with E-state index in [0.29, 0.717) is 10.9 Å². The molecule has 1 atom stereocenters. The fourth-order valence-corrected chi connectivity index (χ4v) is 2.91. The monoisotopic (exact) mass is 309 g/mol. The maximum atomic E-state index is 10.7. The molecule has 0 bridgehead atoms. The van der Waals surface area contributed by atoms with E-state index in [-0.39, 0.29) is 0 Å². The number of carboxylic acids is 1. The third-order valence-electron chi connectivity index (χ3n) is 3.66. The highest BCUT2D eigenvalue weighted by molar-refractivity contribution is 6.31. The second kappa shape index (κ2) is 7.48. The minimum atomic E-state index is -0.952. The predicted octanol–water partition coefficient (Wildman–Crippen LogP) is 3.30. The summed E-state index contributed by atoms with van der Waals surface area (Å²) in [5.74, 6) is -0.453. The van der Waals surface area contributed by atoms with Gasteiger partial charge in [-0.05, 0) is 42.5 Å². The van der Waals surface area contributed by atoms with Crippen LogP contribution in [0.5, 0.6) is 0 Å². The fourth-order valence-electron chi connectivity index (χ4n) is 2.75. The number of aliphatic carboxylic acids is 1. The number of methoxy groups -OCH3 is 1. The van der Waals surface area contributed by atoms with Gasteiger partial charge in [0, 0.05) is 37.0 Å².